The van der Waals surface area contributed by atoms with E-state index in [0.29, 0.717) is 6.04 Å². The van der Waals surface area contributed by atoms with Gasteiger partial charge in [-0.3, -0.25) is 5.10 Å². The highest BCUT2D eigenvalue weighted by Gasteiger charge is 2.18. The van der Waals surface area contributed by atoms with E-state index in [4.69, 9.17) is 0 Å². The van der Waals surface area contributed by atoms with Crippen molar-refractivity contribution in [1.82, 2.24) is 10.2 Å². The number of anilines is 1. The second kappa shape index (κ2) is 4.40. The Hall–Kier alpha value is -1.51. The number of hydrogen-bond acceptors (Lipinski definition) is 2. The van der Waals surface area contributed by atoms with Crippen molar-refractivity contribution in [3.8, 4) is 0 Å². The molecule has 0 bridgehead atoms. The Morgan fingerprint density at radius 1 is 1.35 bits per heavy atom. The van der Waals surface area contributed by atoms with Crippen LogP contribution in [0.3, 0.4) is 0 Å². The van der Waals surface area contributed by atoms with Crippen LogP contribution in [0.15, 0.2) is 24.4 Å². The van der Waals surface area contributed by atoms with Gasteiger partial charge in [0.05, 0.1) is 11.7 Å². The number of aromatic amines is 1. The fraction of sp³-hybridized carbons (Fsp3) is 0.500. The maximum Gasteiger partial charge on any atom is 0.0670 e. The zero-order valence-electron chi connectivity index (χ0n) is 10.2. The highest BCUT2D eigenvalue weighted by Crippen LogP contribution is 2.27. The van der Waals surface area contributed by atoms with Crippen LogP contribution in [0.2, 0.25) is 0 Å². The summed E-state index contributed by atoms with van der Waals surface area (Å²) in [6.07, 6.45) is 7.19. The first-order valence-corrected chi connectivity index (χ1v) is 6.51. The largest absolute Gasteiger partial charge is 0.382 e. The van der Waals surface area contributed by atoms with E-state index in [0.717, 1.165) is 11.4 Å². The number of aromatic nitrogens is 2. The van der Waals surface area contributed by atoms with E-state index >= 15 is 0 Å². The first-order chi connectivity index (χ1) is 8.31. The van der Waals surface area contributed by atoms with E-state index in [2.05, 4.69) is 40.6 Å². The first-order valence-electron chi connectivity index (χ1n) is 6.51. The molecule has 0 spiro atoms. The summed E-state index contributed by atoms with van der Waals surface area (Å²) in [5.74, 6) is 0.858. The molecule has 3 heteroatoms. The second-order valence-electron chi connectivity index (χ2n) is 5.29. The van der Waals surface area contributed by atoms with Crippen LogP contribution in [-0.4, -0.2) is 16.2 Å². The molecule has 1 saturated carbocycles. The van der Waals surface area contributed by atoms with Crippen molar-refractivity contribution in [2.75, 3.05) is 5.32 Å². The molecule has 1 fully saturated rings. The van der Waals surface area contributed by atoms with Crippen LogP contribution < -0.4 is 5.32 Å². The third-order valence-electron chi connectivity index (χ3n) is 3.75. The van der Waals surface area contributed by atoms with Crippen molar-refractivity contribution in [3.05, 3.63) is 24.4 Å². The molecule has 3 rings (SSSR count). The average Bonchev–Trinajstić information content (AvgIpc) is 2.76. The van der Waals surface area contributed by atoms with E-state index in [9.17, 15) is 0 Å². The molecule has 0 radical (unpaired) electrons. The van der Waals surface area contributed by atoms with Gasteiger partial charge < -0.3 is 5.32 Å². The van der Waals surface area contributed by atoms with Crippen molar-refractivity contribution in [3.63, 3.8) is 0 Å². The Morgan fingerprint density at radius 2 is 2.29 bits per heavy atom. The second-order valence-corrected chi connectivity index (χ2v) is 5.29. The predicted molar refractivity (Wildman–Crippen MR) is 71.1 cm³/mol. The number of rotatable bonds is 2. The standard InChI is InChI=1S/C14H19N3/c1-10-3-2-4-12(7-10)16-13-6-5-11-9-15-17-14(11)8-13/h5-6,8-10,12,16H,2-4,7H2,1H3,(H,15,17). The molecule has 0 saturated heterocycles. The lowest BCUT2D eigenvalue weighted by Gasteiger charge is -2.28. The maximum absolute atomic E-state index is 4.05. The van der Waals surface area contributed by atoms with Crippen LogP contribution in [0.25, 0.3) is 10.9 Å². The van der Waals surface area contributed by atoms with Gasteiger partial charge in [-0.25, -0.2) is 0 Å². The Bertz CT molecular complexity index is 503. The monoisotopic (exact) mass is 229 g/mol. The van der Waals surface area contributed by atoms with Gasteiger partial charge in [0.1, 0.15) is 0 Å². The van der Waals surface area contributed by atoms with Crippen LogP contribution in [0.1, 0.15) is 32.6 Å². The highest BCUT2D eigenvalue weighted by atomic mass is 15.1. The summed E-state index contributed by atoms with van der Waals surface area (Å²) in [5.41, 5.74) is 2.32. The lowest BCUT2D eigenvalue weighted by molar-refractivity contribution is 0.358. The third kappa shape index (κ3) is 2.28. The number of fused-ring (bicyclic) bond motifs is 1. The summed E-state index contributed by atoms with van der Waals surface area (Å²) in [6, 6.07) is 7.06. The third-order valence-corrected chi connectivity index (χ3v) is 3.75. The van der Waals surface area contributed by atoms with Crippen LogP contribution in [-0.2, 0) is 0 Å². The van der Waals surface area contributed by atoms with E-state index in [-0.39, 0.29) is 0 Å². The van der Waals surface area contributed by atoms with E-state index in [1.54, 1.807) is 0 Å². The highest BCUT2D eigenvalue weighted by molar-refractivity contribution is 5.81. The summed E-state index contributed by atoms with van der Waals surface area (Å²) >= 11 is 0. The molecule has 3 nitrogen and oxygen atoms in total. The molecule has 1 heterocycles. The number of hydrogen-bond donors (Lipinski definition) is 2. The van der Waals surface area contributed by atoms with Gasteiger partial charge in [-0.1, -0.05) is 19.8 Å². The molecule has 0 aliphatic heterocycles. The molecule has 90 valence electrons. The lowest BCUT2D eigenvalue weighted by atomic mass is 9.87. The minimum atomic E-state index is 0.638. The lowest BCUT2D eigenvalue weighted by Crippen LogP contribution is -2.26. The Labute approximate surface area is 102 Å². The quantitative estimate of drug-likeness (QED) is 0.826. The number of nitrogens with one attached hydrogen (secondary N) is 2. The minimum absolute atomic E-state index is 0.638. The number of nitrogens with zero attached hydrogens (tertiary/aromatic N) is 1. The van der Waals surface area contributed by atoms with Gasteiger partial charge in [0.2, 0.25) is 0 Å². The molecule has 2 aromatic rings. The minimum Gasteiger partial charge on any atom is -0.382 e. The summed E-state index contributed by atoms with van der Waals surface area (Å²) in [7, 11) is 0. The smallest absolute Gasteiger partial charge is 0.0670 e. The average molecular weight is 229 g/mol. The Kier molecular flexibility index (Phi) is 2.75. The molecule has 1 aromatic carbocycles. The maximum atomic E-state index is 4.05. The summed E-state index contributed by atoms with van der Waals surface area (Å²) in [5, 5.41) is 11.9. The Balaban J connectivity index is 1.75. The topological polar surface area (TPSA) is 40.7 Å². The Morgan fingerprint density at radius 3 is 3.18 bits per heavy atom. The molecule has 1 aromatic heterocycles. The van der Waals surface area contributed by atoms with Crippen molar-refractivity contribution in [2.45, 2.75) is 38.6 Å². The fourth-order valence-corrected chi connectivity index (χ4v) is 2.83. The summed E-state index contributed by atoms with van der Waals surface area (Å²) < 4.78 is 0. The molecule has 0 amide bonds. The molecule has 2 unspecified atom stereocenters. The van der Waals surface area contributed by atoms with Gasteiger partial charge in [-0.05, 0) is 37.0 Å². The van der Waals surface area contributed by atoms with Crippen LogP contribution in [0.5, 0.6) is 0 Å². The zero-order valence-corrected chi connectivity index (χ0v) is 10.2. The molecule has 17 heavy (non-hydrogen) atoms. The molecular formula is C14H19N3. The summed E-state index contributed by atoms with van der Waals surface area (Å²) in [6.45, 7) is 2.35. The molecule has 1 aliphatic carbocycles. The van der Waals surface area contributed by atoms with Gasteiger partial charge in [0.15, 0.2) is 0 Å². The SMILES string of the molecule is CC1CCCC(Nc2ccc3cn[nH]c3c2)C1. The molecule has 2 N–H and O–H groups in total. The number of H-pyrrole nitrogens is 1. The molecule has 2 atom stereocenters. The van der Waals surface area contributed by atoms with Crippen molar-refractivity contribution in [1.29, 1.82) is 0 Å². The van der Waals surface area contributed by atoms with Crippen LogP contribution in [0, 0.1) is 5.92 Å². The van der Waals surface area contributed by atoms with E-state index in [1.165, 1.54) is 36.8 Å². The van der Waals surface area contributed by atoms with Crippen molar-refractivity contribution in [2.24, 2.45) is 5.92 Å². The van der Waals surface area contributed by atoms with Gasteiger partial charge in [0.25, 0.3) is 0 Å². The van der Waals surface area contributed by atoms with Gasteiger partial charge in [0, 0.05) is 17.1 Å². The normalized spacial score (nSPS) is 25.0. The van der Waals surface area contributed by atoms with E-state index in [1.807, 2.05) is 6.20 Å². The molecule has 1 aliphatic rings. The molecular weight excluding hydrogens is 210 g/mol. The van der Waals surface area contributed by atoms with Gasteiger partial charge in [-0.2, -0.15) is 5.10 Å². The fourth-order valence-electron chi connectivity index (χ4n) is 2.83. The summed E-state index contributed by atoms with van der Waals surface area (Å²) in [4.78, 5) is 0. The number of benzene rings is 1. The van der Waals surface area contributed by atoms with Crippen LogP contribution >= 0.6 is 0 Å². The van der Waals surface area contributed by atoms with Crippen LogP contribution in [0.4, 0.5) is 5.69 Å². The predicted octanol–water partition coefficient (Wildman–Crippen LogP) is 3.55. The van der Waals surface area contributed by atoms with Gasteiger partial charge in [-0.15, -0.1) is 0 Å². The van der Waals surface area contributed by atoms with Crippen molar-refractivity contribution < 1.29 is 0 Å². The van der Waals surface area contributed by atoms with Crippen molar-refractivity contribution >= 4 is 16.6 Å². The van der Waals surface area contributed by atoms with E-state index < -0.39 is 0 Å². The van der Waals surface area contributed by atoms with Gasteiger partial charge >= 0.3 is 0 Å². The zero-order chi connectivity index (χ0) is 11.7. The first kappa shape index (κ1) is 10.6.